The molecule has 1 amide bonds. The minimum atomic E-state index is -0.00659. The van der Waals surface area contributed by atoms with Crippen molar-refractivity contribution in [2.75, 3.05) is 13.1 Å². The molecule has 5 nitrogen and oxygen atoms in total. The van der Waals surface area contributed by atoms with Crippen molar-refractivity contribution in [2.45, 2.75) is 26.0 Å². The number of nitrogens with zero attached hydrogens (tertiary/aromatic N) is 2. The Balaban J connectivity index is 1.65. The summed E-state index contributed by atoms with van der Waals surface area (Å²) < 4.78 is 5.86. The molecule has 6 heteroatoms. The zero-order chi connectivity index (χ0) is 16.9. The SMILES string of the molecule is Cc1nc(COc2ccccc2/C=C/C(=O)N2CCC(N)C2)cs1. The first-order chi connectivity index (χ1) is 11.6. The summed E-state index contributed by atoms with van der Waals surface area (Å²) in [6, 6.07) is 7.77. The highest BCUT2D eigenvalue weighted by atomic mass is 32.1. The van der Waals surface area contributed by atoms with E-state index in [1.807, 2.05) is 36.6 Å². The van der Waals surface area contributed by atoms with Crippen LogP contribution >= 0.6 is 11.3 Å². The van der Waals surface area contributed by atoms with Crippen molar-refractivity contribution in [1.82, 2.24) is 9.88 Å². The fourth-order valence-corrected chi connectivity index (χ4v) is 3.23. The lowest BCUT2D eigenvalue weighted by molar-refractivity contribution is -0.124. The van der Waals surface area contributed by atoms with E-state index in [-0.39, 0.29) is 11.9 Å². The van der Waals surface area contributed by atoms with Crippen LogP contribution in [0.3, 0.4) is 0 Å². The number of nitrogens with two attached hydrogens (primary N) is 1. The minimum absolute atomic E-state index is 0.00659. The van der Waals surface area contributed by atoms with Crippen molar-refractivity contribution < 1.29 is 9.53 Å². The molecular weight excluding hydrogens is 322 g/mol. The lowest BCUT2D eigenvalue weighted by Gasteiger charge is -2.13. The van der Waals surface area contributed by atoms with Crippen molar-refractivity contribution >= 4 is 23.3 Å². The van der Waals surface area contributed by atoms with Crippen LogP contribution < -0.4 is 10.5 Å². The molecule has 3 rings (SSSR count). The minimum Gasteiger partial charge on any atom is -0.487 e. The zero-order valence-electron chi connectivity index (χ0n) is 13.6. The van der Waals surface area contributed by atoms with E-state index >= 15 is 0 Å². The van der Waals surface area contributed by atoms with E-state index in [1.54, 1.807) is 28.4 Å². The van der Waals surface area contributed by atoms with Crippen LogP contribution in [0.5, 0.6) is 5.75 Å². The van der Waals surface area contributed by atoms with Crippen LogP contribution in [0.25, 0.3) is 6.08 Å². The number of carbonyl (C=O) groups is 1. The summed E-state index contributed by atoms with van der Waals surface area (Å²) in [4.78, 5) is 18.4. The summed E-state index contributed by atoms with van der Waals surface area (Å²) in [6.45, 7) is 3.75. The van der Waals surface area contributed by atoms with Gasteiger partial charge in [0.25, 0.3) is 0 Å². The van der Waals surface area contributed by atoms with Crippen LogP contribution in [-0.2, 0) is 11.4 Å². The number of hydrogen-bond donors (Lipinski definition) is 1. The van der Waals surface area contributed by atoms with E-state index in [4.69, 9.17) is 10.5 Å². The Kier molecular flexibility index (Phi) is 5.27. The third kappa shape index (κ3) is 4.21. The van der Waals surface area contributed by atoms with Crippen molar-refractivity contribution in [3.05, 3.63) is 52.0 Å². The predicted molar refractivity (Wildman–Crippen MR) is 95.8 cm³/mol. The molecule has 24 heavy (non-hydrogen) atoms. The van der Waals surface area contributed by atoms with Crippen molar-refractivity contribution in [1.29, 1.82) is 0 Å². The van der Waals surface area contributed by atoms with Gasteiger partial charge < -0.3 is 15.4 Å². The number of aromatic nitrogens is 1. The highest BCUT2D eigenvalue weighted by Gasteiger charge is 2.21. The molecular formula is C18H21N3O2S. The molecule has 1 atom stereocenters. The Bertz CT molecular complexity index is 741. The van der Waals surface area contributed by atoms with Crippen LogP contribution in [0.2, 0.25) is 0 Å². The van der Waals surface area contributed by atoms with Gasteiger partial charge in [-0.25, -0.2) is 4.98 Å². The molecule has 1 aromatic heterocycles. The summed E-state index contributed by atoms with van der Waals surface area (Å²) in [6.07, 6.45) is 4.26. The molecule has 0 bridgehead atoms. The van der Waals surface area contributed by atoms with Crippen molar-refractivity contribution in [2.24, 2.45) is 5.73 Å². The molecule has 126 valence electrons. The molecule has 0 aliphatic carbocycles. The molecule has 2 aromatic rings. The fraction of sp³-hybridized carbons (Fsp3) is 0.333. The monoisotopic (exact) mass is 343 g/mol. The quantitative estimate of drug-likeness (QED) is 0.847. The number of thiazole rings is 1. The highest BCUT2D eigenvalue weighted by Crippen LogP contribution is 2.21. The van der Waals surface area contributed by atoms with Gasteiger partial charge in [-0.3, -0.25) is 4.79 Å². The van der Waals surface area contributed by atoms with Gasteiger partial charge in [0, 0.05) is 36.2 Å². The second-order valence-electron chi connectivity index (χ2n) is 5.85. The van der Waals surface area contributed by atoms with Gasteiger partial charge >= 0.3 is 0 Å². The number of ether oxygens (including phenoxy) is 1. The third-order valence-corrected chi connectivity index (χ3v) is 4.73. The summed E-state index contributed by atoms with van der Waals surface area (Å²) in [5, 5.41) is 3.02. The van der Waals surface area contributed by atoms with Crippen LogP contribution in [-0.4, -0.2) is 34.9 Å². The Morgan fingerprint density at radius 2 is 2.33 bits per heavy atom. The Morgan fingerprint density at radius 3 is 3.04 bits per heavy atom. The molecule has 2 N–H and O–H groups in total. The Hall–Kier alpha value is -2.18. The number of carbonyl (C=O) groups excluding carboxylic acids is 1. The number of amides is 1. The second kappa shape index (κ2) is 7.59. The number of rotatable bonds is 5. The van der Waals surface area contributed by atoms with E-state index < -0.39 is 0 Å². The fourth-order valence-electron chi connectivity index (χ4n) is 2.63. The van der Waals surface area contributed by atoms with Gasteiger partial charge in [-0.2, -0.15) is 0 Å². The Labute approximate surface area is 145 Å². The lowest BCUT2D eigenvalue weighted by Crippen LogP contribution is -2.30. The first kappa shape index (κ1) is 16.7. The largest absolute Gasteiger partial charge is 0.487 e. The maximum absolute atomic E-state index is 12.2. The number of aryl methyl sites for hydroxylation is 1. The molecule has 2 heterocycles. The molecule has 0 spiro atoms. The van der Waals surface area contributed by atoms with E-state index in [2.05, 4.69) is 4.98 Å². The lowest BCUT2D eigenvalue weighted by atomic mass is 10.2. The first-order valence-corrected chi connectivity index (χ1v) is 8.85. The number of para-hydroxylation sites is 1. The second-order valence-corrected chi connectivity index (χ2v) is 6.91. The van der Waals surface area contributed by atoms with E-state index in [9.17, 15) is 4.79 Å². The van der Waals surface area contributed by atoms with Gasteiger partial charge in [0.05, 0.1) is 10.7 Å². The summed E-state index contributed by atoms with van der Waals surface area (Å²) in [5.41, 5.74) is 7.64. The molecule has 1 unspecified atom stereocenters. The topological polar surface area (TPSA) is 68.5 Å². The molecule has 1 fully saturated rings. The van der Waals surface area contributed by atoms with Gasteiger partial charge in [0.1, 0.15) is 12.4 Å². The van der Waals surface area contributed by atoms with Crippen LogP contribution in [0.1, 0.15) is 22.7 Å². The van der Waals surface area contributed by atoms with Crippen LogP contribution in [0, 0.1) is 6.92 Å². The van der Waals surface area contributed by atoms with Gasteiger partial charge in [-0.15, -0.1) is 11.3 Å². The van der Waals surface area contributed by atoms with Crippen molar-refractivity contribution in [3.8, 4) is 5.75 Å². The third-order valence-electron chi connectivity index (χ3n) is 3.90. The first-order valence-electron chi connectivity index (χ1n) is 7.97. The standard InChI is InChI=1S/C18H21N3O2S/c1-13-20-16(12-24-13)11-23-17-5-3-2-4-14(17)6-7-18(22)21-9-8-15(19)10-21/h2-7,12,15H,8-11,19H2,1H3/b7-6+. The number of benzene rings is 1. The summed E-state index contributed by atoms with van der Waals surface area (Å²) in [7, 11) is 0. The molecule has 1 saturated heterocycles. The molecule has 1 aliphatic heterocycles. The van der Waals surface area contributed by atoms with Crippen molar-refractivity contribution in [3.63, 3.8) is 0 Å². The van der Waals surface area contributed by atoms with E-state index in [0.29, 0.717) is 13.2 Å². The predicted octanol–water partition coefficient (Wildman–Crippen LogP) is 2.60. The average Bonchev–Trinajstić information content (AvgIpc) is 3.20. The number of likely N-dealkylation sites (tertiary alicyclic amines) is 1. The van der Waals surface area contributed by atoms with E-state index in [1.165, 1.54) is 0 Å². The molecule has 1 aliphatic rings. The van der Waals surface area contributed by atoms with Crippen LogP contribution in [0.4, 0.5) is 0 Å². The number of hydrogen-bond acceptors (Lipinski definition) is 5. The van der Waals surface area contributed by atoms with Gasteiger partial charge in [0.2, 0.25) is 5.91 Å². The summed E-state index contributed by atoms with van der Waals surface area (Å²) in [5.74, 6) is 0.734. The summed E-state index contributed by atoms with van der Waals surface area (Å²) >= 11 is 1.61. The average molecular weight is 343 g/mol. The van der Waals surface area contributed by atoms with Gasteiger partial charge in [-0.1, -0.05) is 18.2 Å². The normalized spacial score (nSPS) is 17.6. The molecule has 1 aromatic carbocycles. The smallest absolute Gasteiger partial charge is 0.246 e. The van der Waals surface area contributed by atoms with Crippen LogP contribution in [0.15, 0.2) is 35.7 Å². The maximum atomic E-state index is 12.2. The maximum Gasteiger partial charge on any atom is 0.246 e. The zero-order valence-corrected chi connectivity index (χ0v) is 14.5. The van der Waals surface area contributed by atoms with Gasteiger partial charge in [0.15, 0.2) is 0 Å². The molecule has 0 saturated carbocycles. The van der Waals surface area contributed by atoms with E-state index in [0.717, 1.165) is 35.0 Å². The van der Waals surface area contributed by atoms with Gasteiger partial charge in [-0.05, 0) is 25.5 Å². The highest BCUT2D eigenvalue weighted by molar-refractivity contribution is 7.09. The Morgan fingerprint density at radius 1 is 1.50 bits per heavy atom. The molecule has 0 radical (unpaired) electrons.